The fraction of sp³-hybridized carbons (Fsp3) is 0.286. The SMILES string of the molecule is N#Cc1c(C(F)(F)F)c[nH]c1C(F)(F)F. The Balaban J connectivity index is 3.39. The Hall–Kier alpha value is -1.65. The maximum atomic E-state index is 12.1. The smallest absolute Gasteiger partial charge is 0.356 e. The minimum absolute atomic E-state index is 0.126. The van der Waals surface area contributed by atoms with E-state index in [-0.39, 0.29) is 6.20 Å². The molecule has 0 aliphatic carbocycles. The van der Waals surface area contributed by atoms with E-state index in [0.717, 1.165) is 6.07 Å². The maximum Gasteiger partial charge on any atom is 0.432 e. The minimum Gasteiger partial charge on any atom is -0.356 e. The zero-order chi connectivity index (χ0) is 11.9. The summed E-state index contributed by atoms with van der Waals surface area (Å²) in [6, 6.07) is 0.886. The summed E-state index contributed by atoms with van der Waals surface area (Å²) in [5.74, 6) is 0. The molecule has 1 aromatic rings. The molecule has 0 bridgehead atoms. The van der Waals surface area contributed by atoms with Crippen molar-refractivity contribution in [2.75, 3.05) is 0 Å². The fourth-order valence-corrected chi connectivity index (χ4v) is 0.987. The van der Waals surface area contributed by atoms with Crippen LogP contribution in [0.1, 0.15) is 16.8 Å². The second-order valence-corrected chi connectivity index (χ2v) is 2.56. The van der Waals surface area contributed by atoms with Crippen molar-refractivity contribution in [1.29, 1.82) is 5.26 Å². The van der Waals surface area contributed by atoms with Crippen molar-refractivity contribution in [1.82, 2.24) is 4.98 Å². The van der Waals surface area contributed by atoms with Crippen molar-refractivity contribution in [3.05, 3.63) is 23.0 Å². The molecular formula is C7H2F6N2. The van der Waals surface area contributed by atoms with Crippen LogP contribution >= 0.6 is 0 Å². The van der Waals surface area contributed by atoms with Crippen LogP contribution < -0.4 is 0 Å². The lowest BCUT2D eigenvalue weighted by molar-refractivity contribution is -0.142. The number of nitriles is 1. The standard InChI is InChI=1S/C7H2F6N2/c8-6(9,10)4-2-15-5(3(4)1-14)7(11,12)13/h2,15H. The molecule has 1 heterocycles. The van der Waals surface area contributed by atoms with Crippen LogP contribution in [0.3, 0.4) is 0 Å². The lowest BCUT2D eigenvalue weighted by atomic mass is 10.1. The van der Waals surface area contributed by atoms with E-state index in [0.29, 0.717) is 0 Å². The minimum atomic E-state index is -5.01. The summed E-state index contributed by atoms with van der Waals surface area (Å²) < 4.78 is 72.6. The summed E-state index contributed by atoms with van der Waals surface area (Å²) in [4.78, 5) is 1.40. The van der Waals surface area contributed by atoms with Gasteiger partial charge < -0.3 is 4.98 Å². The van der Waals surface area contributed by atoms with Crippen molar-refractivity contribution < 1.29 is 26.3 Å². The molecule has 0 aromatic carbocycles. The molecule has 15 heavy (non-hydrogen) atoms. The van der Waals surface area contributed by atoms with E-state index in [9.17, 15) is 26.3 Å². The fourth-order valence-electron chi connectivity index (χ4n) is 0.987. The van der Waals surface area contributed by atoms with Crippen LogP contribution in [0.4, 0.5) is 26.3 Å². The van der Waals surface area contributed by atoms with Crippen molar-refractivity contribution >= 4 is 0 Å². The number of nitrogens with one attached hydrogen (secondary N) is 1. The first-order valence-electron chi connectivity index (χ1n) is 3.43. The van der Waals surface area contributed by atoms with Crippen LogP contribution in [-0.4, -0.2) is 4.98 Å². The van der Waals surface area contributed by atoms with Crippen LogP contribution in [0.2, 0.25) is 0 Å². The highest BCUT2D eigenvalue weighted by atomic mass is 19.4. The lowest BCUT2D eigenvalue weighted by Crippen LogP contribution is -2.10. The Morgan fingerprint density at radius 3 is 1.93 bits per heavy atom. The highest BCUT2D eigenvalue weighted by molar-refractivity contribution is 5.44. The van der Waals surface area contributed by atoms with E-state index in [1.807, 2.05) is 0 Å². The normalized spacial score (nSPS) is 12.6. The summed E-state index contributed by atoms with van der Waals surface area (Å²) >= 11 is 0. The Morgan fingerprint density at radius 2 is 1.60 bits per heavy atom. The van der Waals surface area contributed by atoms with Crippen molar-refractivity contribution in [2.24, 2.45) is 0 Å². The molecule has 0 radical (unpaired) electrons. The molecule has 0 atom stereocenters. The van der Waals surface area contributed by atoms with E-state index in [4.69, 9.17) is 5.26 Å². The molecular weight excluding hydrogens is 226 g/mol. The van der Waals surface area contributed by atoms with Crippen molar-refractivity contribution in [2.45, 2.75) is 12.4 Å². The molecule has 0 spiro atoms. The van der Waals surface area contributed by atoms with Crippen LogP contribution in [0, 0.1) is 11.3 Å². The van der Waals surface area contributed by atoms with Crippen molar-refractivity contribution in [3.8, 4) is 6.07 Å². The highest BCUT2D eigenvalue weighted by Crippen LogP contribution is 2.38. The van der Waals surface area contributed by atoms with Gasteiger partial charge in [0.1, 0.15) is 11.8 Å². The second-order valence-electron chi connectivity index (χ2n) is 2.56. The third-order valence-corrected chi connectivity index (χ3v) is 1.58. The van der Waals surface area contributed by atoms with E-state index in [1.54, 1.807) is 0 Å². The third kappa shape index (κ3) is 2.06. The summed E-state index contributed by atoms with van der Waals surface area (Å²) in [7, 11) is 0. The molecule has 0 saturated carbocycles. The Kier molecular flexibility index (Phi) is 2.43. The molecule has 8 heteroatoms. The molecule has 2 nitrogen and oxygen atoms in total. The summed E-state index contributed by atoms with van der Waals surface area (Å²) in [5, 5.41) is 8.24. The molecule has 0 amide bonds. The van der Waals surface area contributed by atoms with E-state index >= 15 is 0 Å². The predicted molar refractivity (Wildman–Crippen MR) is 35.5 cm³/mol. The maximum absolute atomic E-state index is 12.1. The highest BCUT2D eigenvalue weighted by Gasteiger charge is 2.42. The predicted octanol–water partition coefficient (Wildman–Crippen LogP) is 2.92. The second kappa shape index (κ2) is 3.18. The molecule has 0 saturated heterocycles. The first kappa shape index (κ1) is 11.4. The van der Waals surface area contributed by atoms with Crippen LogP contribution in [-0.2, 0) is 12.4 Å². The van der Waals surface area contributed by atoms with E-state index in [1.165, 1.54) is 4.98 Å². The van der Waals surface area contributed by atoms with Gasteiger partial charge in [0.2, 0.25) is 0 Å². The molecule has 0 unspecified atom stereocenters. The van der Waals surface area contributed by atoms with Crippen LogP contribution in [0.5, 0.6) is 0 Å². The summed E-state index contributed by atoms with van der Waals surface area (Å²) in [6.07, 6.45) is -9.86. The first-order valence-corrected chi connectivity index (χ1v) is 3.43. The molecule has 0 aliphatic heterocycles. The van der Waals surface area contributed by atoms with E-state index in [2.05, 4.69) is 0 Å². The van der Waals surface area contributed by atoms with Gasteiger partial charge in [-0.25, -0.2) is 0 Å². The molecule has 82 valence electrons. The van der Waals surface area contributed by atoms with Crippen LogP contribution in [0.15, 0.2) is 6.20 Å². The van der Waals surface area contributed by atoms with Gasteiger partial charge in [0.05, 0.1) is 11.1 Å². The van der Waals surface area contributed by atoms with Gasteiger partial charge >= 0.3 is 12.4 Å². The average Bonchev–Trinajstić information content (AvgIpc) is 2.43. The van der Waals surface area contributed by atoms with Gasteiger partial charge in [-0.3, -0.25) is 0 Å². The van der Waals surface area contributed by atoms with E-state index < -0.39 is 29.2 Å². The molecule has 0 fully saturated rings. The third-order valence-electron chi connectivity index (χ3n) is 1.58. The quantitative estimate of drug-likeness (QED) is 0.681. The molecule has 1 N–H and O–H groups in total. The number of aromatic nitrogens is 1. The molecule has 0 aliphatic rings. The summed E-state index contributed by atoms with van der Waals surface area (Å²) in [6.45, 7) is 0. The zero-order valence-corrected chi connectivity index (χ0v) is 6.79. The Morgan fingerprint density at radius 1 is 1.07 bits per heavy atom. The Bertz CT molecular complexity index is 373. The number of H-pyrrole nitrogens is 1. The largest absolute Gasteiger partial charge is 0.432 e. The molecule has 1 rings (SSSR count). The number of hydrogen-bond acceptors (Lipinski definition) is 1. The van der Waals surface area contributed by atoms with Gasteiger partial charge in [-0.2, -0.15) is 31.6 Å². The first-order chi connectivity index (χ1) is 6.68. The number of nitrogens with zero attached hydrogens (tertiary/aromatic N) is 1. The monoisotopic (exact) mass is 228 g/mol. The number of hydrogen-bond donors (Lipinski definition) is 1. The van der Waals surface area contributed by atoms with Gasteiger partial charge in [-0.05, 0) is 0 Å². The Labute approximate surface area is 79.1 Å². The zero-order valence-electron chi connectivity index (χ0n) is 6.79. The van der Waals surface area contributed by atoms with Gasteiger partial charge in [0.25, 0.3) is 0 Å². The summed E-state index contributed by atoms with van der Waals surface area (Å²) in [5.41, 5.74) is -4.73. The van der Waals surface area contributed by atoms with Crippen LogP contribution in [0.25, 0.3) is 0 Å². The topological polar surface area (TPSA) is 39.6 Å². The number of halogens is 6. The molecule has 1 aromatic heterocycles. The van der Waals surface area contributed by atoms with Gasteiger partial charge in [-0.1, -0.05) is 0 Å². The lowest BCUT2D eigenvalue weighted by Gasteiger charge is -2.06. The number of rotatable bonds is 0. The number of aromatic amines is 1. The average molecular weight is 228 g/mol. The van der Waals surface area contributed by atoms with Gasteiger partial charge in [-0.15, -0.1) is 0 Å². The van der Waals surface area contributed by atoms with Gasteiger partial charge in [0, 0.05) is 6.20 Å². The van der Waals surface area contributed by atoms with Gasteiger partial charge in [0.15, 0.2) is 0 Å². The van der Waals surface area contributed by atoms with Crippen molar-refractivity contribution in [3.63, 3.8) is 0 Å². The number of alkyl halides is 6.